The number of amides is 4. The fraction of sp³-hybridized carbons (Fsp3) is 0.227. The first-order chi connectivity index (χ1) is 15.5. The molecule has 3 heterocycles. The van der Waals surface area contributed by atoms with Crippen molar-refractivity contribution in [2.24, 2.45) is 0 Å². The molecule has 32 heavy (non-hydrogen) atoms. The van der Waals surface area contributed by atoms with Gasteiger partial charge in [-0.05, 0) is 36.2 Å². The van der Waals surface area contributed by atoms with Crippen LogP contribution in [0.4, 0.5) is 9.93 Å². The van der Waals surface area contributed by atoms with Gasteiger partial charge in [0.1, 0.15) is 17.5 Å². The van der Waals surface area contributed by atoms with E-state index in [0.717, 1.165) is 16.2 Å². The van der Waals surface area contributed by atoms with Gasteiger partial charge in [0.25, 0.3) is 5.91 Å². The highest BCUT2D eigenvalue weighted by Gasteiger charge is 2.37. The number of pyridine rings is 1. The molecule has 1 atom stereocenters. The summed E-state index contributed by atoms with van der Waals surface area (Å²) in [5, 5.41) is 7.66. The van der Waals surface area contributed by atoms with E-state index in [-0.39, 0.29) is 31.2 Å². The largest absolute Gasteiger partial charge is 0.497 e. The van der Waals surface area contributed by atoms with Gasteiger partial charge >= 0.3 is 6.03 Å². The number of anilines is 1. The zero-order valence-electron chi connectivity index (χ0n) is 17.3. The average Bonchev–Trinajstić information content (AvgIpc) is 3.38. The molecule has 2 N–H and O–H groups in total. The van der Waals surface area contributed by atoms with Crippen LogP contribution in [0, 0.1) is 0 Å². The van der Waals surface area contributed by atoms with Gasteiger partial charge in [-0.25, -0.2) is 9.78 Å². The van der Waals surface area contributed by atoms with Crippen LogP contribution in [0.1, 0.15) is 18.4 Å². The number of carbonyl (C=O) groups is 3. The third-order valence-corrected chi connectivity index (χ3v) is 5.70. The lowest BCUT2D eigenvalue weighted by molar-refractivity contribution is -0.128. The van der Waals surface area contributed by atoms with Crippen molar-refractivity contribution < 1.29 is 19.1 Å². The van der Waals surface area contributed by atoms with Gasteiger partial charge in [0.05, 0.1) is 19.3 Å². The number of hydrogen-bond acceptors (Lipinski definition) is 7. The maximum Gasteiger partial charge on any atom is 0.325 e. The second kappa shape index (κ2) is 9.56. The van der Waals surface area contributed by atoms with Crippen LogP contribution in [0.15, 0.2) is 54.0 Å². The van der Waals surface area contributed by atoms with Crippen LogP contribution in [-0.4, -0.2) is 45.9 Å². The Hall–Kier alpha value is -3.79. The Morgan fingerprint density at radius 1 is 1.19 bits per heavy atom. The van der Waals surface area contributed by atoms with Crippen molar-refractivity contribution in [3.05, 3.63) is 59.6 Å². The fourth-order valence-electron chi connectivity index (χ4n) is 3.26. The van der Waals surface area contributed by atoms with E-state index in [0.29, 0.717) is 16.6 Å². The first-order valence-corrected chi connectivity index (χ1v) is 10.8. The maximum atomic E-state index is 12.6. The van der Waals surface area contributed by atoms with Crippen molar-refractivity contribution in [3.63, 3.8) is 0 Å². The van der Waals surface area contributed by atoms with Crippen molar-refractivity contribution >= 4 is 34.3 Å². The van der Waals surface area contributed by atoms with Gasteiger partial charge in [-0.1, -0.05) is 18.2 Å². The molecule has 0 spiro atoms. The van der Waals surface area contributed by atoms with E-state index in [4.69, 9.17) is 4.74 Å². The summed E-state index contributed by atoms with van der Waals surface area (Å²) in [6.45, 7) is 0.159. The van der Waals surface area contributed by atoms with Crippen molar-refractivity contribution in [1.29, 1.82) is 0 Å². The molecule has 4 amide bonds. The molecule has 0 bridgehead atoms. The molecular formula is C22H21N5O4S. The quantitative estimate of drug-likeness (QED) is 0.509. The number of benzene rings is 1. The molecule has 1 fully saturated rings. The monoisotopic (exact) mass is 451 g/mol. The summed E-state index contributed by atoms with van der Waals surface area (Å²) in [5.74, 6) is 0.0788. The smallest absolute Gasteiger partial charge is 0.325 e. The zero-order chi connectivity index (χ0) is 22.5. The predicted molar refractivity (Wildman–Crippen MR) is 119 cm³/mol. The minimum atomic E-state index is -0.730. The Morgan fingerprint density at radius 3 is 2.72 bits per heavy atom. The fourth-order valence-corrected chi connectivity index (χ4v) is 3.98. The molecule has 1 saturated heterocycles. The number of aromatic nitrogens is 2. The molecule has 1 aliphatic heterocycles. The van der Waals surface area contributed by atoms with Crippen LogP contribution in [-0.2, 0) is 16.1 Å². The van der Waals surface area contributed by atoms with E-state index in [1.54, 1.807) is 37.6 Å². The zero-order valence-corrected chi connectivity index (χ0v) is 18.1. The van der Waals surface area contributed by atoms with E-state index in [9.17, 15) is 14.4 Å². The Balaban J connectivity index is 1.29. The Bertz CT molecular complexity index is 1120. The molecule has 1 aliphatic rings. The molecule has 10 heteroatoms. The second-order valence-corrected chi connectivity index (χ2v) is 7.97. The molecule has 1 aromatic carbocycles. The van der Waals surface area contributed by atoms with Gasteiger partial charge in [0.15, 0.2) is 5.13 Å². The molecule has 0 unspecified atom stereocenters. The lowest BCUT2D eigenvalue weighted by atomic mass is 10.1. The van der Waals surface area contributed by atoms with Gasteiger partial charge in [0.2, 0.25) is 5.91 Å². The van der Waals surface area contributed by atoms with Crippen molar-refractivity contribution in [2.75, 3.05) is 12.4 Å². The van der Waals surface area contributed by atoms with E-state index in [2.05, 4.69) is 20.6 Å². The van der Waals surface area contributed by atoms with E-state index >= 15 is 0 Å². The average molecular weight is 452 g/mol. The third-order valence-electron chi connectivity index (χ3n) is 4.94. The Kier molecular flexibility index (Phi) is 6.41. The first kappa shape index (κ1) is 21.4. The van der Waals surface area contributed by atoms with Crippen molar-refractivity contribution in [1.82, 2.24) is 20.2 Å². The van der Waals surface area contributed by atoms with Gasteiger partial charge in [0, 0.05) is 18.0 Å². The summed E-state index contributed by atoms with van der Waals surface area (Å²) in [6, 6.07) is 11.5. The normalized spacial score (nSPS) is 15.5. The molecule has 164 valence electrons. The van der Waals surface area contributed by atoms with Crippen LogP contribution in [0.2, 0.25) is 0 Å². The second-order valence-electron chi connectivity index (χ2n) is 7.11. The maximum absolute atomic E-state index is 12.6. The van der Waals surface area contributed by atoms with Gasteiger partial charge in [-0.15, -0.1) is 11.3 Å². The minimum absolute atomic E-state index is 0.0750. The molecule has 0 radical (unpaired) electrons. The summed E-state index contributed by atoms with van der Waals surface area (Å²) >= 11 is 1.30. The summed E-state index contributed by atoms with van der Waals surface area (Å²) in [7, 11) is 1.57. The number of thiazole rings is 1. The first-order valence-electron chi connectivity index (χ1n) is 9.95. The Labute approximate surface area is 188 Å². The molecule has 3 aromatic rings. The molecular weight excluding hydrogens is 430 g/mol. The minimum Gasteiger partial charge on any atom is -0.497 e. The number of urea groups is 1. The topological polar surface area (TPSA) is 114 Å². The highest BCUT2D eigenvalue weighted by Crippen LogP contribution is 2.23. The number of carbonyl (C=O) groups excluding carboxylic acids is 3. The highest BCUT2D eigenvalue weighted by molar-refractivity contribution is 7.14. The lowest BCUT2D eigenvalue weighted by Gasteiger charge is -2.13. The summed E-state index contributed by atoms with van der Waals surface area (Å²) in [6.07, 6.45) is 1.96. The third kappa shape index (κ3) is 4.92. The summed E-state index contributed by atoms with van der Waals surface area (Å²) < 4.78 is 5.11. The molecule has 0 aliphatic carbocycles. The number of imide groups is 1. The summed E-state index contributed by atoms with van der Waals surface area (Å²) in [4.78, 5) is 47.0. The van der Waals surface area contributed by atoms with E-state index in [1.807, 2.05) is 23.6 Å². The van der Waals surface area contributed by atoms with Crippen LogP contribution < -0.4 is 15.4 Å². The number of nitrogens with zero attached hydrogens (tertiary/aromatic N) is 3. The standard InChI is InChI=1S/C22H21N5O4S/c1-31-15-7-5-14(6-8-15)12-27-20(29)17(25-22(27)30)9-10-19(28)26-21-24-18(13-32-21)16-4-2-3-11-23-16/h2-8,11,13,17H,9-10,12H2,1H3,(H,25,30)(H,24,26,28)/t17-/m0/s1. The number of ether oxygens (including phenoxy) is 1. The van der Waals surface area contributed by atoms with E-state index in [1.165, 1.54) is 11.3 Å². The van der Waals surface area contributed by atoms with Gasteiger partial charge in [-0.3, -0.25) is 19.5 Å². The summed E-state index contributed by atoms with van der Waals surface area (Å²) in [5.41, 5.74) is 2.21. The predicted octanol–water partition coefficient (Wildman–Crippen LogP) is 3.05. The Morgan fingerprint density at radius 2 is 2.00 bits per heavy atom. The number of rotatable bonds is 8. The van der Waals surface area contributed by atoms with Crippen LogP contribution in [0.5, 0.6) is 5.75 Å². The van der Waals surface area contributed by atoms with Crippen LogP contribution >= 0.6 is 11.3 Å². The van der Waals surface area contributed by atoms with E-state index < -0.39 is 12.1 Å². The molecule has 0 saturated carbocycles. The van der Waals surface area contributed by atoms with Gasteiger partial charge in [-0.2, -0.15) is 0 Å². The van der Waals surface area contributed by atoms with Crippen molar-refractivity contribution in [2.45, 2.75) is 25.4 Å². The number of methoxy groups -OCH3 is 1. The molecule has 9 nitrogen and oxygen atoms in total. The van der Waals surface area contributed by atoms with Crippen molar-refractivity contribution in [3.8, 4) is 17.1 Å². The SMILES string of the molecule is COc1ccc(CN2C(=O)N[C@@H](CCC(=O)Nc3nc(-c4ccccn4)cs3)C2=O)cc1. The highest BCUT2D eigenvalue weighted by atomic mass is 32.1. The van der Waals surface area contributed by atoms with Crippen LogP contribution in [0.3, 0.4) is 0 Å². The molecule has 2 aromatic heterocycles. The number of hydrogen-bond donors (Lipinski definition) is 2. The number of nitrogens with one attached hydrogen (secondary N) is 2. The van der Waals surface area contributed by atoms with Gasteiger partial charge < -0.3 is 15.4 Å². The molecule has 4 rings (SSSR count). The van der Waals surface area contributed by atoms with Crippen LogP contribution in [0.25, 0.3) is 11.4 Å². The lowest BCUT2D eigenvalue weighted by Crippen LogP contribution is -2.31.